The van der Waals surface area contributed by atoms with Crippen LogP contribution in [-0.2, 0) is 12.6 Å². The van der Waals surface area contributed by atoms with Gasteiger partial charge in [-0.3, -0.25) is 0 Å². The molecule has 1 aliphatic rings. The number of benzene rings is 2. The number of alkyl halides is 3. The van der Waals surface area contributed by atoms with E-state index in [9.17, 15) is 18.3 Å². The van der Waals surface area contributed by atoms with E-state index in [-0.39, 0.29) is 11.6 Å². The Morgan fingerprint density at radius 1 is 1.09 bits per heavy atom. The maximum absolute atomic E-state index is 13.2. The zero-order chi connectivity index (χ0) is 16.6. The highest BCUT2D eigenvalue weighted by Gasteiger charge is 2.36. The first-order valence-corrected chi connectivity index (χ1v) is 7.56. The molecule has 122 valence electrons. The smallest absolute Gasteiger partial charge is 0.391 e. The normalized spacial score (nSPS) is 22.0. The highest BCUT2D eigenvalue weighted by atomic mass is 19.4. The lowest BCUT2D eigenvalue weighted by atomic mass is 9.99. The van der Waals surface area contributed by atoms with E-state index in [1.54, 1.807) is 13.0 Å². The molecular weight excluding hydrogens is 303 g/mol. The molecule has 0 bridgehead atoms. The minimum Gasteiger partial charge on any atom is -0.391 e. The van der Waals surface area contributed by atoms with Crippen molar-refractivity contribution >= 4 is 0 Å². The van der Waals surface area contributed by atoms with Crippen molar-refractivity contribution < 1.29 is 18.3 Å². The maximum atomic E-state index is 13.2. The van der Waals surface area contributed by atoms with Gasteiger partial charge in [0.2, 0.25) is 0 Å². The molecule has 0 saturated heterocycles. The standard InChI is InChI=1S/C18H18F3NO/c1-11(13-7-4-5-9-15(13)18(19,20)21)22-17-14-8-3-2-6-12(14)10-16(17)23/h2-9,11,16-17,22-23H,10H2,1H3. The maximum Gasteiger partial charge on any atom is 0.416 e. The molecule has 0 fully saturated rings. The molecule has 0 aliphatic heterocycles. The van der Waals surface area contributed by atoms with E-state index in [2.05, 4.69) is 5.32 Å². The molecule has 3 rings (SSSR count). The SMILES string of the molecule is CC(NC1c2ccccc2CC1O)c1ccccc1C(F)(F)F. The predicted octanol–water partition coefficient (Wildman–Crippen LogP) is 4.01. The van der Waals surface area contributed by atoms with Gasteiger partial charge in [-0.1, -0.05) is 42.5 Å². The number of hydrogen-bond donors (Lipinski definition) is 2. The van der Waals surface area contributed by atoms with E-state index in [1.807, 2.05) is 24.3 Å². The fourth-order valence-corrected chi connectivity index (χ4v) is 3.27. The van der Waals surface area contributed by atoms with Crippen LogP contribution in [0.5, 0.6) is 0 Å². The average Bonchev–Trinajstić information content (AvgIpc) is 2.82. The van der Waals surface area contributed by atoms with Gasteiger partial charge >= 0.3 is 6.18 Å². The number of nitrogens with one attached hydrogen (secondary N) is 1. The van der Waals surface area contributed by atoms with E-state index in [0.29, 0.717) is 6.42 Å². The lowest BCUT2D eigenvalue weighted by Crippen LogP contribution is -2.32. The van der Waals surface area contributed by atoms with Gasteiger partial charge in [-0.15, -0.1) is 0 Å². The Morgan fingerprint density at radius 2 is 1.74 bits per heavy atom. The third-order valence-electron chi connectivity index (χ3n) is 4.37. The van der Waals surface area contributed by atoms with Gasteiger partial charge in [0.25, 0.3) is 0 Å². The van der Waals surface area contributed by atoms with Crippen molar-refractivity contribution in [1.82, 2.24) is 5.32 Å². The van der Waals surface area contributed by atoms with Crippen LogP contribution in [0.4, 0.5) is 13.2 Å². The second-order valence-corrected chi connectivity index (χ2v) is 5.92. The Morgan fingerprint density at radius 3 is 2.48 bits per heavy atom. The van der Waals surface area contributed by atoms with Gasteiger partial charge < -0.3 is 10.4 Å². The summed E-state index contributed by atoms with van der Waals surface area (Å²) >= 11 is 0. The molecule has 0 spiro atoms. The summed E-state index contributed by atoms with van der Waals surface area (Å²) in [5, 5.41) is 13.4. The topological polar surface area (TPSA) is 32.3 Å². The molecule has 3 atom stereocenters. The number of fused-ring (bicyclic) bond motifs is 1. The third-order valence-corrected chi connectivity index (χ3v) is 4.37. The lowest BCUT2D eigenvalue weighted by molar-refractivity contribution is -0.138. The molecule has 2 aromatic carbocycles. The van der Waals surface area contributed by atoms with E-state index in [4.69, 9.17) is 0 Å². The molecule has 2 N–H and O–H groups in total. The first kappa shape index (κ1) is 16.0. The molecule has 0 amide bonds. The van der Waals surface area contributed by atoms with Crippen molar-refractivity contribution in [1.29, 1.82) is 0 Å². The quantitative estimate of drug-likeness (QED) is 0.895. The molecule has 1 aliphatic carbocycles. The van der Waals surface area contributed by atoms with Gasteiger partial charge in [-0.2, -0.15) is 13.2 Å². The molecular formula is C18H18F3NO. The van der Waals surface area contributed by atoms with Crippen molar-refractivity contribution in [2.45, 2.75) is 37.7 Å². The Bertz CT molecular complexity index is 699. The Labute approximate surface area is 133 Å². The van der Waals surface area contributed by atoms with Gasteiger partial charge in [-0.25, -0.2) is 0 Å². The molecule has 5 heteroatoms. The summed E-state index contributed by atoms with van der Waals surface area (Å²) in [5.74, 6) is 0. The number of halogens is 3. The highest BCUT2D eigenvalue weighted by molar-refractivity contribution is 5.38. The van der Waals surface area contributed by atoms with Crippen molar-refractivity contribution in [3.63, 3.8) is 0 Å². The zero-order valence-corrected chi connectivity index (χ0v) is 12.6. The van der Waals surface area contributed by atoms with Crippen LogP contribution < -0.4 is 5.32 Å². The van der Waals surface area contributed by atoms with Crippen molar-refractivity contribution in [3.8, 4) is 0 Å². The predicted molar refractivity (Wildman–Crippen MR) is 81.9 cm³/mol. The van der Waals surface area contributed by atoms with E-state index < -0.39 is 23.9 Å². The van der Waals surface area contributed by atoms with Crippen molar-refractivity contribution in [2.75, 3.05) is 0 Å². The summed E-state index contributed by atoms with van der Waals surface area (Å²) in [6, 6.07) is 12.3. The lowest BCUT2D eigenvalue weighted by Gasteiger charge is -2.25. The summed E-state index contributed by atoms with van der Waals surface area (Å²) in [4.78, 5) is 0. The van der Waals surface area contributed by atoms with Gasteiger partial charge in [0.1, 0.15) is 0 Å². The Kier molecular flexibility index (Phi) is 4.17. The molecule has 2 aromatic rings. The van der Waals surface area contributed by atoms with Crippen LogP contribution in [0.25, 0.3) is 0 Å². The van der Waals surface area contributed by atoms with E-state index in [0.717, 1.165) is 17.2 Å². The monoisotopic (exact) mass is 321 g/mol. The van der Waals surface area contributed by atoms with Crippen molar-refractivity contribution in [3.05, 3.63) is 70.8 Å². The minimum atomic E-state index is -4.39. The van der Waals surface area contributed by atoms with Crippen LogP contribution >= 0.6 is 0 Å². The molecule has 2 nitrogen and oxygen atoms in total. The number of aliphatic hydroxyl groups is 1. The van der Waals surface area contributed by atoms with Crippen LogP contribution in [-0.4, -0.2) is 11.2 Å². The molecule has 0 aromatic heterocycles. The largest absolute Gasteiger partial charge is 0.416 e. The molecule has 0 radical (unpaired) electrons. The first-order chi connectivity index (χ1) is 10.9. The second kappa shape index (κ2) is 5.98. The molecule has 23 heavy (non-hydrogen) atoms. The molecule has 3 unspecified atom stereocenters. The van der Waals surface area contributed by atoms with Gasteiger partial charge in [0.15, 0.2) is 0 Å². The number of aliphatic hydroxyl groups excluding tert-OH is 1. The van der Waals surface area contributed by atoms with Crippen LogP contribution in [0.15, 0.2) is 48.5 Å². The Balaban J connectivity index is 1.87. The molecule has 0 saturated carbocycles. The summed E-state index contributed by atoms with van der Waals surface area (Å²) in [5.41, 5.74) is 1.54. The summed E-state index contributed by atoms with van der Waals surface area (Å²) in [6.07, 6.45) is -4.51. The minimum absolute atomic E-state index is 0.191. The summed E-state index contributed by atoms with van der Waals surface area (Å²) in [6.45, 7) is 1.69. The Hall–Kier alpha value is -1.85. The average molecular weight is 321 g/mol. The molecule has 0 heterocycles. The first-order valence-electron chi connectivity index (χ1n) is 7.56. The van der Waals surface area contributed by atoms with Crippen LogP contribution in [0.2, 0.25) is 0 Å². The number of hydrogen-bond acceptors (Lipinski definition) is 2. The second-order valence-electron chi connectivity index (χ2n) is 5.92. The summed E-state index contributed by atoms with van der Waals surface area (Å²) in [7, 11) is 0. The van der Waals surface area contributed by atoms with Gasteiger partial charge in [-0.05, 0) is 29.7 Å². The fourth-order valence-electron chi connectivity index (χ4n) is 3.27. The van der Waals surface area contributed by atoms with Crippen LogP contribution in [0.3, 0.4) is 0 Å². The van der Waals surface area contributed by atoms with Gasteiger partial charge in [0, 0.05) is 12.5 Å². The van der Waals surface area contributed by atoms with E-state index in [1.165, 1.54) is 12.1 Å². The number of rotatable bonds is 3. The highest BCUT2D eigenvalue weighted by Crippen LogP contribution is 2.37. The van der Waals surface area contributed by atoms with Gasteiger partial charge in [0.05, 0.1) is 17.7 Å². The summed E-state index contributed by atoms with van der Waals surface area (Å²) < 4.78 is 39.5. The fraction of sp³-hybridized carbons (Fsp3) is 0.333. The van der Waals surface area contributed by atoms with Crippen LogP contribution in [0.1, 0.15) is 41.3 Å². The third kappa shape index (κ3) is 3.12. The zero-order valence-electron chi connectivity index (χ0n) is 12.6. The van der Waals surface area contributed by atoms with E-state index >= 15 is 0 Å². The van der Waals surface area contributed by atoms with Crippen molar-refractivity contribution in [2.24, 2.45) is 0 Å². The van der Waals surface area contributed by atoms with Crippen LogP contribution in [0, 0.1) is 0 Å².